The molecule has 0 N–H and O–H groups in total. The van der Waals surface area contributed by atoms with Crippen molar-refractivity contribution in [3.8, 4) is 5.69 Å². The third-order valence-electron chi connectivity index (χ3n) is 5.34. The molecule has 1 aliphatic rings. The first-order chi connectivity index (χ1) is 13.3. The van der Waals surface area contributed by atoms with Gasteiger partial charge in [0, 0.05) is 24.3 Å². The quantitative estimate of drug-likeness (QED) is 0.745. The lowest BCUT2D eigenvalue weighted by Gasteiger charge is -2.34. The maximum absolute atomic E-state index is 12.4. The summed E-state index contributed by atoms with van der Waals surface area (Å²) in [5.41, 5.74) is 3.50. The van der Waals surface area contributed by atoms with Crippen molar-refractivity contribution < 1.29 is 14.3 Å². The van der Waals surface area contributed by atoms with Gasteiger partial charge >= 0.3 is 5.97 Å². The molecule has 150 valence electrons. The Balaban J connectivity index is 1.59. The van der Waals surface area contributed by atoms with Crippen LogP contribution in [0.25, 0.3) is 5.69 Å². The lowest BCUT2D eigenvalue weighted by Crippen LogP contribution is -2.44. The van der Waals surface area contributed by atoms with Gasteiger partial charge in [0.2, 0.25) is 0 Å². The maximum atomic E-state index is 12.4. The van der Waals surface area contributed by atoms with Crippen molar-refractivity contribution in [2.75, 3.05) is 19.7 Å². The van der Waals surface area contributed by atoms with E-state index in [1.807, 2.05) is 53.8 Å². The van der Waals surface area contributed by atoms with Crippen LogP contribution in [-0.2, 0) is 20.7 Å². The highest BCUT2D eigenvalue weighted by Gasteiger charge is 2.26. The molecule has 2 aromatic rings. The summed E-state index contributed by atoms with van der Waals surface area (Å²) in [4.78, 5) is 26.6. The standard InChI is InChI=1S/C22H29N3O3/c1-15-10-16(2)13-24(12-15)21(26)14-28-22(27)11-20-17(3)23-25(18(20)4)19-8-6-5-7-9-19/h5-9,15-16H,10-14H2,1-4H3/t15-,16-/m1/s1. The lowest BCUT2D eigenvalue weighted by atomic mass is 9.92. The molecule has 6 heteroatoms. The van der Waals surface area contributed by atoms with Gasteiger partial charge in [-0.2, -0.15) is 5.10 Å². The topological polar surface area (TPSA) is 64.4 Å². The van der Waals surface area contributed by atoms with Gasteiger partial charge in [0.25, 0.3) is 5.91 Å². The number of ether oxygens (including phenoxy) is 1. The van der Waals surface area contributed by atoms with Crippen LogP contribution in [0.5, 0.6) is 0 Å². The zero-order valence-corrected chi connectivity index (χ0v) is 17.1. The molecule has 28 heavy (non-hydrogen) atoms. The van der Waals surface area contributed by atoms with Crippen LogP contribution < -0.4 is 0 Å². The van der Waals surface area contributed by atoms with E-state index in [1.165, 1.54) is 0 Å². The Morgan fingerprint density at radius 3 is 2.39 bits per heavy atom. The predicted molar refractivity (Wildman–Crippen MR) is 107 cm³/mol. The average Bonchev–Trinajstić information content (AvgIpc) is 2.94. The van der Waals surface area contributed by atoms with Gasteiger partial charge in [0.1, 0.15) is 0 Å². The molecule has 0 spiro atoms. The van der Waals surface area contributed by atoms with E-state index in [2.05, 4.69) is 18.9 Å². The smallest absolute Gasteiger partial charge is 0.310 e. The lowest BCUT2D eigenvalue weighted by molar-refractivity contribution is -0.152. The number of amides is 1. The minimum atomic E-state index is -0.398. The number of hydrogen-bond donors (Lipinski definition) is 0. The Kier molecular flexibility index (Phi) is 6.17. The molecule has 1 fully saturated rings. The monoisotopic (exact) mass is 383 g/mol. The van der Waals surface area contributed by atoms with E-state index < -0.39 is 5.97 Å². The summed E-state index contributed by atoms with van der Waals surface area (Å²) >= 11 is 0. The molecular weight excluding hydrogens is 354 g/mol. The van der Waals surface area contributed by atoms with E-state index >= 15 is 0 Å². The van der Waals surface area contributed by atoms with Crippen molar-refractivity contribution in [3.05, 3.63) is 47.3 Å². The summed E-state index contributed by atoms with van der Waals surface area (Å²) < 4.78 is 7.12. The van der Waals surface area contributed by atoms with Crippen LogP contribution >= 0.6 is 0 Å². The van der Waals surface area contributed by atoms with Crippen molar-refractivity contribution in [3.63, 3.8) is 0 Å². The second-order valence-electron chi connectivity index (χ2n) is 7.98. The van der Waals surface area contributed by atoms with Gasteiger partial charge in [-0.1, -0.05) is 32.0 Å². The number of rotatable bonds is 5. The first-order valence-corrected chi connectivity index (χ1v) is 9.89. The summed E-state index contributed by atoms with van der Waals surface area (Å²) in [6.07, 6.45) is 1.25. The molecule has 1 aliphatic heterocycles. The summed E-state index contributed by atoms with van der Waals surface area (Å²) in [6.45, 7) is 9.42. The molecule has 0 radical (unpaired) electrons. The number of para-hydroxylation sites is 1. The van der Waals surface area contributed by atoms with Gasteiger partial charge in [-0.15, -0.1) is 0 Å². The van der Waals surface area contributed by atoms with Crippen molar-refractivity contribution >= 4 is 11.9 Å². The van der Waals surface area contributed by atoms with E-state index in [9.17, 15) is 9.59 Å². The molecular formula is C22H29N3O3. The molecule has 6 nitrogen and oxygen atoms in total. The summed E-state index contributed by atoms with van der Waals surface area (Å²) in [7, 11) is 0. The average molecular weight is 383 g/mol. The number of likely N-dealkylation sites (tertiary alicyclic amines) is 1. The molecule has 2 heterocycles. The first-order valence-electron chi connectivity index (χ1n) is 9.89. The fourth-order valence-electron chi connectivity index (χ4n) is 4.05. The summed E-state index contributed by atoms with van der Waals surface area (Å²) in [5.74, 6) is 0.459. The second kappa shape index (κ2) is 8.59. The van der Waals surface area contributed by atoms with Crippen LogP contribution in [0.1, 0.15) is 37.2 Å². The van der Waals surface area contributed by atoms with Crippen LogP contribution in [-0.4, -0.2) is 46.3 Å². The van der Waals surface area contributed by atoms with E-state index in [1.54, 1.807) is 0 Å². The molecule has 1 saturated heterocycles. The number of esters is 1. The van der Waals surface area contributed by atoms with Crippen LogP contribution in [0.3, 0.4) is 0 Å². The Labute approximate surface area is 166 Å². The molecule has 1 aromatic heterocycles. The van der Waals surface area contributed by atoms with Gasteiger partial charge in [-0.25, -0.2) is 4.68 Å². The van der Waals surface area contributed by atoms with Crippen molar-refractivity contribution in [2.24, 2.45) is 11.8 Å². The molecule has 2 atom stereocenters. The minimum Gasteiger partial charge on any atom is -0.455 e. The van der Waals surface area contributed by atoms with Crippen molar-refractivity contribution in [2.45, 2.75) is 40.5 Å². The second-order valence-corrected chi connectivity index (χ2v) is 7.98. The fraction of sp³-hybridized carbons (Fsp3) is 0.500. The zero-order valence-electron chi connectivity index (χ0n) is 17.1. The van der Waals surface area contributed by atoms with Gasteiger partial charge in [-0.05, 0) is 44.2 Å². The van der Waals surface area contributed by atoms with Crippen molar-refractivity contribution in [1.29, 1.82) is 0 Å². The van der Waals surface area contributed by atoms with Crippen LogP contribution in [0.15, 0.2) is 30.3 Å². The fourth-order valence-corrected chi connectivity index (χ4v) is 4.05. The normalized spacial score (nSPS) is 19.5. The molecule has 0 unspecified atom stereocenters. The van der Waals surface area contributed by atoms with Crippen LogP contribution in [0, 0.1) is 25.7 Å². The van der Waals surface area contributed by atoms with E-state index in [-0.39, 0.29) is 18.9 Å². The Hall–Kier alpha value is -2.63. The Morgan fingerprint density at radius 2 is 1.75 bits per heavy atom. The minimum absolute atomic E-state index is 0.111. The van der Waals surface area contributed by atoms with E-state index in [0.29, 0.717) is 11.8 Å². The number of benzene rings is 1. The number of aryl methyl sites for hydroxylation is 1. The van der Waals surface area contributed by atoms with Gasteiger partial charge in [0.15, 0.2) is 6.61 Å². The molecule has 1 aromatic carbocycles. The number of aromatic nitrogens is 2. The molecule has 0 aliphatic carbocycles. The molecule has 0 bridgehead atoms. The largest absolute Gasteiger partial charge is 0.455 e. The number of nitrogens with zero attached hydrogens (tertiary/aromatic N) is 3. The number of hydrogen-bond acceptors (Lipinski definition) is 4. The molecule has 1 amide bonds. The number of piperidine rings is 1. The highest BCUT2D eigenvalue weighted by molar-refractivity contribution is 5.81. The van der Waals surface area contributed by atoms with Gasteiger partial charge in [-0.3, -0.25) is 9.59 Å². The summed E-state index contributed by atoms with van der Waals surface area (Å²) in [6, 6.07) is 9.80. The third-order valence-corrected chi connectivity index (χ3v) is 5.34. The number of carbonyl (C=O) groups excluding carboxylic acids is 2. The summed E-state index contributed by atoms with van der Waals surface area (Å²) in [5, 5.41) is 4.55. The predicted octanol–water partition coefficient (Wildman–Crippen LogP) is 3.08. The third kappa shape index (κ3) is 4.61. The SMILES string of the molecule is Cc1nn(-c2ccccc2)c(C)c1CC(=O)OCC(=O)N1C[C@H](C)C[C@@H](C)C1. The number of carbonyl (C=O) groups is 2. The highest BCUT2D eigenvalue weighted by Crippen LogP contribution is 2.21. The van der Waals surface area contributed by atoms with E-state index in [4.69, 9.17) is 4.74 Å². The van der Waals surface area contributed by atoms with Crippen LogP contribution in [0.2, 0.25) is 0 Å². The van der Waals surface area contributed by atoms with Crippen molar-refractivity contribution in [1.82, 2.24) is 14.7 Å². The van der Waals surface area contributed by atoms with E-state index in [0.717, 1.165) is 42.1 Å². The maximum Gasteiger partial charge on any atom is 0.310 e. The Morgan fingerprint density at radius 1 is 1.11 bits per heavy atom. The Bertz CT molecular complexity index is 834. The molecule has 3 rings (SSSR count). The molecule has 0 saturated carbocycles. The highest BCUT2D eigenvalue weighted by atomic mass is 16.5. The van der Waals surface area contributed by atoms with Gasteiger partial charge < -0.3 is 9.64 Å². The first kappa shape index (κ1) is 20.1. The zero-order chi connectivity index (χ0) is 20.3. The van der Waals surface area contributed by atoms with Crippen LogP contribution in [0.4, 0.5) is 0 Å². The van der Waals surface area contributed by atoms with Gasteiger partial charge in [0.05, 0.1) is 17.8 Å².